The summed E-state index contributed by atoms with van der Waals surface area (Å²) in [5.74, 6) is 0.101. The van der Waals surface area contributed by atoms with Crippen molar-refractivity contribution in [2.45, 2.75) is 50.1 Å². The molecule has 0 bridgehead atoms. The van der Waals surface area contributed by atoms with Crippen LogP contribution in [-0.4, -0.2) is 30.1 Å². The number of piperidine rings is 1. The van der Waals surface area contributed by atoms with Gasteiger partial charge in [-0.15, -0.1) is 0 Å². The first-order valence-electron chi connectivity index (χ1n) is 8.17. The first-order chi connectivity index (χ1) is 11.1. The Morgan fingerprint density at radius 2 is 2.22 bits per heavy atom. The highest BCUT2D eigenvalue weighted by Gasteiger charge is 2.48. The van der Waals surface area contributed by atoms with E-state index in [1.54, 1.807) is 0 Å². The summed E-state index contributed by atoms with van der Waals surface area (Å²) >= 11 is 5.95. The van der Waals surface area contributed by atoms with Crippen molar-refractivity contribution in [3.8, 4) is 0 Å². The van der Waals surface area contributed by atoms with Crippen LogP contribution < -0.4 is 16.0 Å². The maximum Gasteiger partial charge on any atom is 0.315 e. The van der Waals surface area contributed by atoms with Gasteiger partial charge in [0.1, 0.15) is 0 Å². The molecular weight excluding hydrogens is 314 g/mol. The van der Waals surface area contributed by atoms with E-state index in [2.05, 4.69) is 16.0 Å². The number of benzene rings is 1. The number of amides is 3. The second-order valence-corrected chi connectivity index (χ2v) is 6.87. The molecule has 3 amide bonds. The van der Waals surface area contributed by atoms with Crippen molar-refractivity contribution in [1.82, 2.24) is 16.0 Å². The Morgan fingerprint density at radius 3 is 2.91 bits per heavy atom. The molecule has 0 radical (unpaired) electrons. The summed E-state index contributed by atoms with van der Waals surface area (Å²) in [5.41, 5.74) is 0.887. The SMILES string of the molecule is O=C1CC[C@H](NC(=O)NCCc2cccc(Cl)c2)C2(CCC2)N1. The van der Waals surface area contributed by atoms with Crippen molar-refractivity contribution in [2.24, 2.45) is 0 Å². The molecule has 1 aliphatic carbocycles. The zero-order chi connectivity index (χ0) is 16.3. The second-order valence-electron chi connectivity index (χ2n) is 6.43. The first-order valence-corrected chi connectivity index (χ1v) is 8.55. The van der Waals surface area contributed by atoms with Crippen LogP contribution in [0.25, 0.3) is 0 Å². The standard InChI is InChI=1S/C17H22ClN3O2/c18-13-4-1-3-12(11-13)7-10-19-16(23)20-14-5-6-15(22)21-17(14)8-2-9-17/h1,3-4,11,14H,2,5-10H2,(H,21,22)(H2,19,20,23)/t14-/m0/s1. The molecule has 2 aliphatic rings. The molecular formula is C17H22ClN3O2. The van der Waals surface area contributed by atoms with Gasteiger partial charge >= 0.3 is 6.03 Å². The Labute approximate surface area is 141 Å². The third-order valence-corrected chi connectivity index (χ3v) is 5.09. The third-order valence-electron chi connectivity index (χ3n) is 4.85. The molecule has 5 nitrogen and oxygen atoms in total. The summed E-state index contributed by atoms with van der Waals surface area (Å²) < 4.78 is 0. The summed E-state index contributed by atoms with van der Waals surface area (Å²) in [7, 11) is 0. The van der Waals surface area contributed by atoms with Gasteiger partial charge in [-0.05, 0) is 49.8 Å². The van der Waals surface area contributed by atoms with Crippen molar-refractivity contribution in [3.63, 3.8) is 0 Å². The molecule has 1 saturated heterocycles. The smallest absolute Gasteiger partial charge is 0.315 e. The Bertz CT molecular complexity index is 601. The fraction of sp³-hybridized carbons (Fsp3) is 0.529. The molecule has 1 atom stereocenters. The van der Waals surface area contributed by atoms with Crippen LogP contribution in [-0.2, 0) is 11.2 Å². The number of rotatable bonds is 4. The number of carbonyl (C=O) groups is 2. The maximum absolute atomic E-state index is 12.1. The van der Waals surface area contributed by atoms with Crippen LogP contribution in [0.2, 0.25) is 5.02 Å². The molecule has 23 heavy (non-hydrogen) atoms. The van der Waals surface area contributed by atoms with Gasteiger partial charge in [0, 0.05) is 18.0 Å². The van der Waals surface area contributed by atoms with Gasteiger partial charge < -0.3 is 16.0 Å². The lowest BCUT2D eigenvalue weighted by Crippen LogP contribution is -2.69. The van der Waals surface area contributed by atoms with Crippen LogP contribution in [0.3, 0.4) is 0 Å². The van der Waals surface area contributed by atoms with E-state index in [1.807, 2.05) is 24.3 Å². The predicted octanol–water partition coefficient (Wildman–Crippen LogP) is 2.38. The highest BCUT2D eigenvalue weighted by molar-refractivity contribution is 6.30. The highest BCUT2D eigenvalue weighted by atomic mass is 35.5. The summed E-state index contributed by atoms with van der Waals surface area (Å²) in [6.45, 7) is 0.554. The number of halogens is 1. The maximum atomic E-state index is 12.1. The zero-order valence-electron chi connectivity index (χ0n) is 13.0. The van der Waals surface area contributed by atoms with Crippen molar-refractivity contribution in [3.05, 3.63) is 34.9 Å². The Hall–Kier alpha value is -1.75. The van der Waals surface area contributed by atoms with Gasteiger partial charge in [-0.25, -0.2) is 4.79 Å². The van der Waals surface area contributed by atoms with Crippen LogP contribution in [0.15, 0.2) is 24.3 Å². The molecule has 0 unspecified atom stereocenters. The number of hydrogen-bond donors (Lipinski definition) is 3. The lowest BCUT2D eigenvalue weighted by atomic mass is 9.68. The van der Waals surface area contributed by atoms with Crippen LogP contribution in [0, 0.1) is 0 Å². The molecule has 1 heterocycles. The Morgan fingerprint density at radius 1 is 1.39 bits per heavy atom. The fourth-order valence-electron chi connectivity index (χ4n) is 3.44. The molecule has 1 saturated carbocycles. The topological polar surface area (TPSA) is 70.2 Å². The zero-order valence-corrected chi connectivity index (χ0v) is 13.8. The third kappa shape index (κ3) is 3.78. The van der Waals surface area contributed by atoms with Gasteiger partial charge in [0.2, 0.25) is 5.91 Å². The molecule has 1 aliphatic heterocycles. The molecule has 1 spiro atoms. The Kier molecular flexibility index (Phi) is 4.76. The van der Waals surface area contributed by atoms with E-state index in [-0.39, 0.29) is 23.5 Å². The van der Waals surface area contributed by atoms with Gasteiger partial charge in [0.05, 0.1) is 11.6 Å². The average Bonchev–Trinajstić information content (AvgIpc) is 2.47. The number of nitrogens with one attached hydrogen (secondary N) is 3. The summed E-state index contributed by atoms with van der Waals surface area (Å²) in [6.07, 6.45) is 4.94. The lowest BCUT2D eigenvalue weighted by Gasteiger charge is -2.50. The second kappa shape index (κ2) is 6.79. The number of hydrogen-bond acceptors (Lipinski definition) is 2. The molecule has 3 rings (SSSR count). The van der Waals surface area contributed by atoms with Crippen molar-refractivity contribution < 1.29 is 9.59 Å². The van der Waals surface area contributed by atoms with E-state index in [4.69, 9.17) is 11.6 Å². The van der Waals surface area contributed by atoms with E-state index in [0.29, 0.717) is 24.4 Å². The van der Waals surface area contributed by atoms with Gasteiger partial charge in [0.15, 0.2) is 0 Å². The monoisotopic (exact) mass is 335 g/mol. The summed E-state index contributed by atoms with van der Waals surface area (Å²) in [6, 6.07) is 7.50. The summed E-state index contributed by atoms with van der Waals surface area (Å²) in [4.78, 5) is 23.7. The van der Waals surface area contributed by atoms with Gasteiger partial charge in [0.25, 0.3) is 0 Å². The number of carbonyl (C=O) groups excluding carboxylic acids is 2. The predicted molar refractivity (Wildman–Crippen MR) is 89.4 cm³/mol. The van der Waals surface area contributed by atoms with Crippen LogP contribution in [0.4, 0.5) is 4.79 Å². The van der Waals surface area contributed by atoms with Crippen molar-refractivity contribution in [2.75, 3.05) is 6.54 Å². The van der Waals surface area contributed by atoms with E-state index in [9.17, 15) is 9.59 Å². The van der Waals surface area contributed by atoms with E-state index in [0.717, 1.165) is 31.2 Å². The molecule has 124 valence electrons. The molecule has 6 heteroatoms. The molecule has 3 N–H and O–H groups in total. The lowest BCUT2D eigenvalue weighted by molar-refractivity contribution is -0.127. The van der Waals surface area contributed by atoms with E-state index < -0.39 is 0 Å². The van der Waals surface area contributed by atoms with Gasteiger partial charge in [-0.1, -0.05) is 23.7 Å². The van der Waals surface area contributed by atoms with Crippen molar-refractivity contribution in [1.29, 1.82) is 0 Å². The number of urea groups is 1. The molecule has 0 aromatic heterocycles. The first kappa shape index (κ1) is 16.1. The fourth-order valence-corrected chi connectivity index (χ4v) is 3.66. The minimum atomic E-state index is -0.209. The molecule has 1 aromatic carbocycles. The van der Waals surface area contributed by atoms with Gasteiger partial charge in [-0.2, -0.15) is 0 Å². The van der Waals surface area contributed by atoms with Crippen LogP contribution in [0.5, 0.6) is 0 Å². The van der Waals surface area contributed by atoms with Gasteiger partial charge in [-0.3, -0.25) is 4.79 Å². The average molecular weight is 336 g/mol. The minimum Gasteiger partial charge on any atom is -0.349 e. The van der Waals surface area contributed by atoms with Crippen LogP contribution >= 0.6 is 11.6 Å². The highest BCUT2D eigenvalue weighted by Crippen LogP contribution is 2.38. The quantitative estimate of drug-likeness (QED) is 0.790. The Balaban J connectivity index is 1.46. The minimum absolute atomic E-state index is 0.0279. The normalized spacial score (nSPS) is 22.1. The summed E-state index contributed by atoms with van der Waals surface area (Å²) in [5, 5.41) is 9.71. The largest absolute Gasteiger partial charge is 0.349 e. The molecule has 1 aromatic rings. The van der Waals surface area contributed by atoms with E-state index >= 15 is 0 Å². The van der Waals surface area contributed by atoms with Crippen LogP contribution in [0.1, 0.15) is 37.7 Å². The van der Waals surface area contributed by atoms with E-state index in [1.165, 1.54) is 0 Å². The van der Waals surface area contributed by atoms with Crippen molar-refractivity contribution >= 4 is 23.5 Å². The molecule has 2 fully saturated rings.